The first-order valence-corrected chi connectivity index (χ1v) is 8.35. The molecule has 22 heavy (non-hydrogen) atoms. The third-order valence-electron chi connectivity index (χ3n) is 3.13. The van der Waals surface area contributed by atoms with Gasteiger partial charge in [0.15, 0.2) is 0 Å². The number of nitrogens with zero attached hydrogens (tertiary/aromatic N) is 1. The van der Waals surface area contributed by atoms with Gasteiger partial charge in [0.2, 0.25) is 5.91 Å². The molecule has 0 saturated heterocycles. The minimum absolute atomic E-state index is 0.0389. The van der Waals surface area contributed by atoms with Crippen LogP contribution in [0.25, 0.3) is 0 Å². The molecule has 0 bridgehead atoms. The number of nitriles is 1. The lowest BCUT2D eigenvalue weighted by Gasteiger charge is -2.06. The Labute approximate surface area is 135 Å². The average Bonchev–Trinajstić information content (AvgIpc) is 2.56. The van der Waals surface area contributed by atoms with Crippen molar-refractivity contribution in [1.29, 1.82) is 5.26 Å². The molecule has 0 fully saturated rings. The molecule has 2 aromatic carbocycles. The molecule has 0 aliphatic carbocycles. The highest BCUT2D eigenvalue weighted by molar-refractivity contribution is 7.98. The van der Waals surface area contributed by atoms with Crippen LogP contribution < -0.4 is 5.32 Å². The first-order chi connectivity index (χ1) is 10.8. The maximum absolute atomic E-state index is 11.9. The zero-order valence-electron chi connectivity index (χ0n) is 12.3. The highest BCUT2D eigenvalue weighted by Gasteiger charge is 2.05. The Bertz CT molecular complexity index is 650. The lowest BCUT2D eigenvalue weighted by atomic mass is 10.2. The van der Waals surface area contributed by atoms with E-state index in [0.717, 1.165) is 17.9 Å². The van der Waals surface area contributed by atoms with Crippen molar-refractivity contribution in [2.24, 2.45) is 0 Å². The van der Waals surface area contributed by atoms with Crippen molar-refractivity contribution in [3.63, 3.8) is 0 Å². The first-order valence-electron chi connectivity index (χ1n) is 7.20. The normalized spacial score (nSPS) is 9.95. The molecule has 0 spiro atoms. The molecular weight excluding hydrogens is 292 g/mol. The zero-order valence-corrected chi connectivity index (χ0v) is 13.1. The summed E-state index contributed by atoms with van der Waals surface area (Å²) in [5, 5.41) is 11.8. The molecule has 0 heterocycles. The molecule has 112 valence electrons. The third kappa shape index (κ3) is 5.27. The number of nitrogens with one attached hydrogen (secondary N) is 1. The summed E-state index contributed by atoms with van der Waals surface area (Å²) in [6.07, 6.45) is 1.31. The number of rotatable bonds is 7. The van der Waals surface area contributed by atoms with Crippen LogP contribution in [0.3, 0.4) is 0 Å². The van der Waals surface area contributed by atoms with Gasteiger partial charge in [0, 0.05) is 12.2 Å². The molecule has 4 heteroatoms. The van der Waals surface area contributed by atoms with E-state index in [0.29, 0.717) is 17.7 Å². The predicted octanol–water partition coefficient (Wildman–Crippen LogP) is 4.21. The topological polar surface area (TPSA) is 52.9 Å². The fourth-order valence-electron chi connectivity index (χ4n) is 2.00. The molecule has 2 rings (SSSR count). The van der Waals surface area contributed by atoms with E-state index in [4.69, 9.17) is 5.26 Å². The van der Waals surface area contributed by atoms with Crippen LogP contribution >= 0.6 is 11.8 Å². The minimum atomic E-state index is -0.0389. The Morgan fingerprint density at radius 1 is 1.09 bits per heavy atom. The summed E-state index contributed by atoms with van der Waals surface area (Å²) in [7, 11) is 0. The van der Waals surface area contributed by atoms with Crippen molar-refractivity contribution in [3.05, 3.63) is 65.7 Å². The van der Waals surface area contributed by atoms with Crippen LogP contribution in [0.1, 0.15) is 24.0 Å². The molecule has 0 radical (unpaired) electrons. The summed E-state index contributed by atoms with van der Waals surface area (Å²) >= 11 is 1.83. The van der Waals surface area contributed by atoms with Crippen LogP contribution in [-0.4, -0.2) is 11.7 Å². The lowest BCUT2D eigenvalue weighted by molar-refractivity contribution is -0.116. The third-order valence-corrected chi connectivity index (χ3v) is 4.24. The van der Waals surface area contributed by atoms with Crippen LogP contribution in [0.15, 0.2) is 54.6 Å². The standard InChI is InChI=1S/C18H18N2OS/c19-13-16-9-4-5-10-17(16)20-18(21)11-6-12-22-14-15-7-2-1-3-8-15/h1-5,7-10H,6,11-12,14H2,(H,20,21). The lowest BCUT2D eigenvalue weighted by Crippen LogP contribution is -2.12. The molecule has 0 unspecified atom stereocenters. The van der Waals surface area contributed by atoms with Gasteiger partial charge in [-0.2, -0.15) is 17.0 Å². The fraction of sp³-hybridized carbons (Fsp3) is 0.222. The summed E-state index contributed by atoms with van der Waals surface area (Å²) in [6, 6.07) is 19.4. The van der Waals surface area contributed by atoms with Crippen LogP contribution in [0.2, 0.25) is 0 Å². The van der Waals surface area contributed by atoms with Crippen molar-refractivity contribution in [2.75, 3.05) is 11.1 Å². The summed E-state index contributed by atoms with van der Waals surface area (Å²) in [5.41, 5.74) is 2.39. The van der Waals surface area contributed by atoms with Crippen LogP contribution in [0, 0.1) is 11.3 Å². The van der Waals surface area contributed by atoms with E-state index in [-0.39, 0.29) is 5.91 Å². The van der Waals surface area contributed by atoms with Gasteiger partial charge in [-0.15, -0.1) is 0 Å². The van der Waals surface area contributed by atoms with Crippen molar-refractivity contribution >= 4 is 23.4 Å². The summed E-state index contributed by atoms with van der Waals surface area (Å²) in [6.45, 7) is 0. The second kappa shape index (κ2) is 8.91. The van der Waals surface area contributed by atoms with Gasteiger partial charge in [0.05, 0.1) is 11.3 Å². The molecule has 1 N–H and O–H groups in total. The van der Waals surface area contributed by atoms with Gasteiger partial charge >= 0.3 is 0 Å². The Hall–Kier alpha value is -2.25. The average molecular weight is 310 g/mol. The number of amides is 1. The van der Waals surface area contributed by atoms with Gasteiger partial charge in [0.25, 0.3) is 0 Å². The van der Waals surface area contributed by atoms with E-state index in [9.17, 15) is 4.79 Å². The number of thioether (sulfide) groups is 1. The summed E-state index contributed by atoms with van der Waals surface area (Å²) in [5.74, 6) is 1.88. The Morgan fingerprint density at radius 2 is 1.82 bits per heavy atom. The van der Waals surface area contributed by atoms with Gasteiger partial charge in [-0.05, 0) is 29.9 Å². The number of anilines is 1. The van der Waals surface area contributed by atoms with E-state index < -0.39 is 0 Å². The quantitative estimate of drug-likeness (QED) is 0.779. The van der Waals surface area contributed by atoms with E-state index in [1.165, 1.54) is 5.56 Å². The number of para-hydroxylation sites is 1. The highest BCUT2D eigenvalue weighted by Crippen LogP contribution is 2.16. The van der Waals surface area contributed by atoms with Crippen LogP contribution in [0.4, 0.5) is 5.69 Å². The Morgan fingerprint density at radius 3 is 2.59 bits per heavy atom. The first kappa shape index (κ1) is 16.1. The second-order valence-corrected chi connectivity index (χ2v) is 5.95. The minimum Gasteiger partial charge on any atom is -0.325 e. The predicted molar refractivity (Wildman–Crippen MR) is 91.6 cm³/mol. The van der Waals surface area contributed by atoms with E-state index >= 15 is 0 Å². The number of benzene rings is 2. The molecule has 3 nitrogen and oxygen atoms in total. The molecule has 0 atom stereocenters. The highest BCUT2D eigenvalue weighted by atomic mass is 32.2. The molecule has 0 aliphatic rings. The number of hydrogen-bond acceptors (Lipinski definition) is 3. The largest absolute Gasteiger partial charge is 0.325 e. The van der Waals surface area contributed by atoms with E-state index in [1.807, 2.05) is 36.0 Å². The molecule has 0 aliphatic heterocycles. The summed E-state index contributed by atoms with van der Waals surface area (Å²) < 4.78 is 0. The monoisotopic (exact) mass is 310 g/mol. The fourth-order valence-corrected chi connectivity index (χ4v) is 2.92. The van der Waals surface area contributed by atoms with Crippen molar-refractivity contribution in [3.8, 4) is 6.07 Å². The number of hydrogen-bond donors (Lipinski definition) is 1. The molecule has 0 saturated carbocycles. The maximum Gasteiger partial charge on any atom is 0.224 e. The van der Waals surface area contributed by atoms with Gasteiger partial charge < -0.3 is 5.32 Å². The number of carbonyl (C=O) groups excluding carboxylic acids is 1. The zero-order chi connectivity index (χ0) is 15.6. The molecule has 2 aromatic rings. The Balaban J connectivity index is 1.67. The van der Waals surface area contributed by atoms with Gasteiger partial charge in [-0.25, -0.2) is 0 Å². The molecular formula is C18H18N2OS. The van der Waals surface area contributed by atoms with Gasteiger partial charge in [-0.1, -0.05) is 42.5 Å². The van der Waals surface area contributed by atoms with Crippen LogP contribution in [0.5, 0.6) is 0 Å². The second-order valence-electron chi connectivity index (χ2n) is 4.85. The SMILES string of the molecule is N#Cc1ccccc1NC(=O)CCCSCc1ccccc1. The van der Waals surface area contributed by atoms with Crippen molar-refractivity contribution in [1.82, 2.24) is 0 Å². The summed E-state index contributed by atoms with van der Waals surface area (Å²) in [4.78, 5) is 11.9. The Kier molecular flexibility index (Phi) is 6.53. The maximum atomic E-state index is 11.9. The van der Waals surface area contributed by atoms with E-state index in [2.05, 4.69) is 23.5 Å². The number of carbonyl (C=O) groups is 1. The van der Waals surface area contributed by atoms with Crippen molar-refractivity contribution in [2.45, 2.75) is 18.6 Å². The molecule has 1 amide bonds. The van der Waals surface area contributed by atoms with E-state index in [1.54, 1.807) is 18.2 Å². The van der Waals surface area contributed by atoms with Gasteiger partial charge in [0.1, 0.15) is 6.07 Å². The molecule has 0 aromatic heterocycles. The smallest absolute Gasteiger partial charge is 0.224 e. The van der Waals surface area contributed by atoms with Gasteiger partial charge in [-0.3, -0.25) is 4.79 Å². The van der Waals surface area contributed by atoms with Crippen molar-refractivity contribution < 1.29 is 4.79 Å². The van der Waals surface area contributed by atoms with Crippen LogP contribution in [-0.2, 0) is 10.5 Å².